The van der Waals surface area contributed by atoms with E-state index in [1.165, 1.54) is 31.1 Å². The molecule has 1 aliphatic carbocycles. The predicted molar refractivity (Wildman–Crippen MR) is 102 cm³/mol. The summed E-state index contributed by atoms with van der Waals surface area (Å²) in [5.41, 5.74) is 2.17. The van der Waals surface area contributed by atoms with Gasteiger partial charge < -0.3 is 9.88 Å². The number of anilines is 2. The number of benzene rings is 1. The zero-order valence-electron chi connectivity index (χ0n) is 14.4. The lowest BCUT2D eigenvalue weighted by atomic mass is 10.2. The summed E-state index contributed by atoms with van der Waals surface area (Å²) in [5, 5.41) is 7.53. The number of rotatable bonds is 4. The lowest BCUT2D eigenvalue weighted by Gasteiger charge is -2.16. The molecule has 7 nitrogen and oxygen atoms in total. The Morgan fingerprint density at radius 1 is 1.15 bits per heavy atom. The van der Waals surface area contributed by atoms with Crippen LogP contribution in [0.3, 0.4) is 0 Å². The normalized spacial score (nSPS) is 14.7. The minimum absolute atomic E-state index is 0.214. The topological polar surface area (TPSA) is 88.9 Å². The molecule has 134 valence electrons. The molecule has 4 rings (SSSR count). The first-order valence-corrected chi connectivity index (χ1v) is 9.51. The van der Waals surface area contributed by atoms with Crippen molar-refractivity contribution < 1.29 is 9.59 Å². The van der Waals surface area contributed by atoms with Crippen LogP contribution in [0.2, 0.25) is 0 Å². The first kappa shape index (κ1) is 16.7. The number of hydrogen-bond donors (Lipinski definition) is 2. The fourth-order valence-corrected chi connectivity index (χ4v) is 4.15. The summed E-state index contributed by atoms with van der Waals surface area (Å²) in [5.74, 6) is 0.0129. The SMILES string of the molecule is CC(=O)Nc1nc(C(=O)Nc2nc3ccccc3n2C2CCCC2)cs1. The second-order valence-corrected chi connectivity index (χ2v) is 7.26. The maximum Gasteiger partial charge on any atom is 0.277 e. The number of nitrogens with one attached hydrogen (secondary N) is 2. The third-order valence-corrected chi connectivity index (χ3v) is 5.29. The summed E-state index contributed by atoms with van der Waals surface area (Å²) in [4.78, 5) is 32.5. The molecule has 1 aliphatic rings. The molecule has 1 aromatic carbocycles. The Labute approximate surface area is 154 Å². The Balaban J connectivity index is 1.64. The van der Waals surface area contributed by atoms with Gasteiger partial charge in [-0.05, 0) is 25.0 Å². The third kappa shape index (κ3) is 3.20. The Kier molecular flexibility index (Phi) is 4.42. The number of para-hydroxylation sites is 2. The van der Waals surface area contributed by atoms with Gasteiger partial charge in [0.2, 0.25) is 11.9 Å². The fraction of sp³-hybridized carbons (Fsp3) is 0.333. The molecule has 8 heteroatoms. The molecule has 1 saturated carbocycles. The van der Waals surface area contributed by atoms with E-state index >= 15 is 0 Å². The number of nitrogens with zero attached hydrogens (tertiary/aromatic N) is 3. The van der Waals surface area contributed by atoms with Crippen LogP contribution >= 0.6 is 11.3 Å². The van der Waals surface area contributed by atoms with Crippen molar-refractivity contribution in [1.82, 2.24) is 14.5 Å². The van der Waals surface area contributed by atoms with E-state index in [9.17, 15) is 9.59 Å². The first-order chi connectivity index (χ1) is 12.6. The third-order valence-electron chi connectivity index (χ3n) is 4.53. The van der Waals surface area contributed by atoms with Crippen molar-refractivity contribution >= 4 is 45.3 Å². The molecule has 2 heterocycles. The molecule has 1 fully saturated rings. The number of carbonyl (C=O) groups excluding carboxylic acids is 2. The van der Waals surface area contributed by atoms with Gasteiger partial charge in [-0.2, -0.15) is 0 Å². The largest absolute Gasteiger partial charge is 0.307 e. The smallest absolute Gasteiger partial charge is 0.277 e. The highest BCUT2D eigenvalue weighted by Gasteiger charge is 2.24. The summed E-state index contributed by atoms with van der Waals surface area (Å²) in [6.07, 6.45) is 4.56. The van der Waals surface area contributed by atoms with Crippen LogP contribution in [0.4, 0.5) is 11.1 Å². The monoisotopic (exact) mass is 369 g/mol. The lowest BCUT2D eigenvalue weighted by Crippen LogP contribution is -2.18. The number of aromatic nitrogens is 3. The van der Waals surface area contributed by atoms with Crippen molar-refractivity contribution in [3.8, 4) is 0 Å². The maximum atomic E-state index is 12.6. The van der Waals surface area contributed by atoms with E-state index in [-0.39, 0.29) is 17.5 Å². The molecular weight excluding hydrogens is 350 g/mol. The van der Waals surface area contributed by atoms with Crippen LogP contribution in [0.25, 0.3) is 11.0 Å². The summed E-state index contributed by atoms with van der Waals surface area (Å²) in [6.45, 7) is 1.41. The highest BCUT2D eigenvalue weighted by Crippen LogP contribution is 2.35. The zero-order chi connectivity index (χ0) is 18.1. The molecule has 0 bridgehead atoms. The molecule has 0 aliphatic heterocycles. The standard InChI is InChI=1S/C18H19N5O2S/c1-11(24)19-18-21-14(10-26-18)16(25)22-17-20-13-8-4-5-9-15(13)23(17)12-6-2-3-7-12/h4-5,8-10,12H,2-3,6-7H2,1H3,(H,19,21,24)(H,20,22,25). The Morgan fingerprint density at radius 2 is 1.92 bits per heavy atom. The van der Waals surface area contributed by atoms with Gasteiger partial charge in [0.25, 0.3) is 5.91 Å². The van der Waals surface area contributed by atoms with Gasteiger partial charge >= 0.3 is 0 Å². The summed E-state index contributed by atoms with van der Waals surface area (Å²) in [7, 11) is 0. The van der Waals surface area contributed by atoms with Crippen LogP contribution in [0.15, 0.2) is 29.6 Å². The van der Waals surface area contributed by atoms with Crippen LogP contribution in [-0.4, -0.2) is 26.3 Å². The molecule has 0 radical (unpaired) electrons. The molecule has 3 aromatic rings. The highest BCUT2D eigenvalue weighted by atomic mass is 32.1. The molecule has 2 amide bonds. The number of hydrogen-bond acceptors (Lipinski definition) is 5. The van der Waals surface area contributed by atoms with E-state index in [1.54, 1.807) is 5.38 Å². The van der Waals surface area contributed by atoms with Gasteiger partial charge in [-0.3, -0.25) is 14.9 Å². The van der Waals surface area contributed by atoms with E-state index in [0.29, 0.717) is 17.1 Å². The van der Waals surface area contributed by atoms with Crippen LogP contribution in [-0.2, 0) is 4.79 Å². The summed E-state index contributed by atoms with van der Waals surface area (Å²) in [6, 6.07) is 8.27. The fourth-order valence-electron chi connectivity index (χ4n) is 3.42. The van der Waals surface area contributed by atoms with Crippen molar-refractivity contribution in [3.05, 3.63) is 35.3 Å². The molecular formula is C18H19N5O2S. The number of imidazole rings is 1. The van der Waals surface area contributed by atoms with E-state index in [1.807, 2.05) is 24.3 Å². The second-order valence-electron chi connectivity index (χ2n) is 6.41. The van der Waals surface area contributed by atoms with Crippen LogP contribution in [0, 0.1) is 0 Å². The van der Waals surface area contributed by atoms with E-state index < -0.39 is 0 Å². The number of thiazole rings is 1. The van der Waals surface area contributed by atoms with Crippen molar-refractivity contribution in [3.63, 3.8) is 0 Å². The van der Waals surface area contributed by atoms with Crippen molar-refractivity contribution in [2.24, 2.45) is 0 Å². The van der Waals surface area contributed by atoms with Crippen LogP contribution in [0.1, 0.15) is 49.1 Å². The molecule has 2 N–H and O–H groups in total. The van der Waals surface area contributed by atoms with Gasteiger partial charge in [-0.15, -0.1) is 11.3 Å². The van der Waals surface area contributed by atoms with Gasteiger partial charge in [0.05, 0.1) is 11.0 Å². The lowest BCUT2D eigenvalue weighted by molar-refractivity contribution is -0.114. The zero-order valence-corrected chi connectivity index (χ0v) is 15.2. The van der Waals surface area contributed by atoms with Gasteiger partial charge in [-0.25, -0.2) is 9.97 Å². The first-order valence-electron chi connectivity index (χ1n) is 8.63. The van der Waals surface area contributed by atoms with E-state index in [4.69, 9.17) is 0 Å². The molecule has 2 aromatic heterocycles. The van der Waals surface area contributed by atoms with Crippen LogP contribution < -0.4 is 10.6 Å². The average Bonchev–Trinajstić information content (AvgIpc) is 3.32. The van der Waals surface area contributed by atoms with Crippen molar-refractivity contribution in [2.45, 2.75) is 38.6 Å². The maximum absolute atomic E-state index is 12.6. The molecule has 0 atom stereocenters. The van der Waals surface area contributed by atoms with Gasteiger partial charge in [0.15, 0.2) is 5.13 Å². The Hall–Kier alpha value is -2.74. The van der Waals surface area contributed by atoms with Crippen molar-refractivity contribution in [2.75, 3.05) is 10.6 Å². The molecule has 26 heavy (non-hydrogen) atoms. The van der Waals surface area contributed by atoms with Gasteiger partial charge in [0.1, 0.15) is 5.69 Å². The second kappa shape index (κ2) is 6.87. The quantitative estimate of drug-likeness (QED) is 0.732. The van der Waals surface area contributed by atoms with Gasteiger partial charge in [-0.1, -0.05) is 25.0 Å². The number of carbonyl (C=O) groups is 2. The van der Waals surface area contributed by atoms with Crippen LogP contribution in [0.5, 0.6) is 0 Å². The predicted octanol–water partition coefficient (Wildman–Crippen LogP) is 3.82. The van der Waals surface area contributed by atoms with E-state index in [2.05, 4.69) is 25.2 Å². The van der Waals surface area contributed by atoms with Crippen molar-refractivity contribution in [1.29, 1.82) is 0 Å². The Bertz CT molecular complexity index is 971. The van der Waals surface area contributed by atoms with Gasteiger partial charge in [0, 0.05) is 18.3 Å². The summed E-state index contributed by atoms with van der Waals surface area (Å²) < 4.78 is 2.14. The summed E-state index contributed by atoms with van der Waals surface area (Å²) >= 11 is 1.22. The minimum Gasteiger partial charge on any atom is -0.307 e. The number of amides is 2. The molecule has 0 saturated heterocycles. The van der Waals surface area contributed by atoms with E-state index in [0.717, 1.165) is 23.9 Å². The number of fused-ring (bicyclic) bond motifs is 1. The average molecular weight is 369 g/mol. The highest BCUT2D eigenvalue weighted by molar-refractivity contribution is 7.14. The molecule has 0 spiro atoms. The molecule has 0 unspecified atom stereocenters. The minimum atomic E-state index is -0.326. The Morgan fingerprint density at radius 3 is 2.69 bits per heavy atom.